The second kappa shape index (κ2) is 5.40. The lowest BCUT2D eigenvalue weighted by atomic mass is 10.1. The van der Waals surface area contributed by atoms with Crippen molar-refractivity contribution >= 4 is 11.5 Å². The second-order valence-electron chi connectivity index (χ2n) is 4.79. The molecule has 2 rings (SSSR count). The van der Waals surface area contributed by atoms with Crippen LogP contribution in [0.3, 0.4) is 0 Å². The van der Waals surface area contributed by atoms with Gasteiger partial charge in [-0.05, 0) is 25.5 Å². The van der Waals surface area contributed by atoms with E-state index in [2.05, 4.69) is 18.7 Å². The number of amidine groups is 1. The number of benzene rings is 1. The molecule has 4 nitrogen and oxygen atoms in total. The number of nitrogens with two attached hydrogens (primary N) is 1. The fourth-order valence-electron chi connectivity index (χ4n) is 2.43. The molecule has 0 aliphatic carbocycles. The number of hydrogen-bond acceptors (Lipinski definition) is 3. The third-order valence-corrected chi connectivity index (χ3v) is 3.44. The van der Waals surface area contributed by atoms with Gasteiger partial charge in [0, 0.05) is 17.8 Å². The minimum atomic E-state index is 0.125. The number of ether oxygens (including phenoxy) is 1. The molecule has 0 aromatic heterocycles. The van der Waals surface area contributed by atoms with Crippen LogP contribution in [0.15, 0.2) is 24.3 Å². The van der Waals surface area contributed by atoms with Gasteiger partial charge in [-0.2, -0.15) is 0 Å². The van der Waals surface area contributed by atoms with Crippen LogP contribution in [-0.4, -0.2) is 31.1 Å². The first-order valence-corrected chi connectivity index (χ1v) is 6.45. The third kappa shape index (κ3) is 2.48. The Kier molecular flexibility index (Phi) is 3.87. The molecule has 3 N–H and O–H groups in total. The van der Waals surface area contributed by atoms with Gasteiger partial charge in [-0.3, -0.25) is 5.41 Å². The van der Waals surface area contributed by atoms with Crippen LogP contribution >= 0.6 is 0 Å². The van der Waals surface area contributed by atoms with Crippen molar-refractivity contribution in [3.05, 3.63) is 29.8 Å². The summed E-state index contributed by atoms with van der Waals surface area (Å²) in [5, 5.41) is 7.69. The number of hydrogen-bond donors (Lipinski definition) is 2. The Morgan fingerprint density at radius 2 is 2.22 bits per heavy atom. The van der Waals surface area contributed by atoms with Gasteiger partial charge in [0.1, 0.15) is 5.84 Å². The highest BCUT2D eigenvalue weighted by molar-refractivity contribution is 6.00. The van der Waals surface area contributed by atoms with Crippen LogP contribution in [0.1, 0.15) is 25.8 Å². The maximum Gasteiger partial charge on any atom is 0.124 e. The zero-order chi connectivity index (χ0) is 13.1. The lowest BCUT2D eigenvalue weighted by Crippen LogP contribution is -2.49. The normalized spacial score (nSPS) is 24.0. The molecule has 18 heavy (non-hydrogen) atoms. The second-order valence-corrected chi connectivity index (χ2v) is 4.79. The summed E-state index contributed by atoms with van der Waals surface area (Å²) < 4.78 is 5.71. The first-order chi connectivity index (χ1) is 8.63. The van der Waals surface area contributed by atoms with Gasteiger partial charge < -0.3 is 15.4 Å². The van der Waals surface area contributed by atoms with E-state index in [1.165, 1.54) is 0 Å². The molecule has 1 aliphatic heterocycles. The van der Waals surface area contributed by atoms with Crippen LogP contribution in [0.4, 0.5) is 5.69 Å². The Balaban J connectivity index is 2.36. The maximum absolute atomic E-state index is 7.69. The minimum absolute atomic E-state index is 0.125. The average molecular weight is 247 g/mol. The molecule has 1 heterocycles. The zero-order valence-corrected chi connectivity index (χ0v) is 11.0. The summed E-state index contributed by atoms with van der Waals surface area (Å²) in [7, 11) is 0. The Morgan fingerprint density at radius 1 is 1.50 bits per heavy atom. The Morgan fingerprint density at radius 3 is 2.89 bits per heavy atom. The van der Waals surface area contributed by atoms with Crippen LogP contribution in [0.25, 0.3) is 0 Å². The van der Waals surface area contributed by atoms with Gasteiger partial charge in [0.15, 0.2) is 0 Å². The van der Waals surface area contributed by atoms with Crippen LogP contribution < -0.4 is 10.6 Å². The molecule has 1 aliphatic rings. The molecule has 4 heteroatoms. The molecule has 0 radical (unpaired) electrons. The summed E-state index contributed by atoms with van der Waals surface area (Å²) in [5.74, 6) is 0.125. The summed E-state index contributed by atoms with van der Waals surface area (Å²) >= 11 is 0. The highest BCUT2D eigenvalue weighted by Gasteiger charge is 2.27. The largest absolute Gasteiger partial charge is 0.384 e. The van der Waals surface area contributed by atoms with Crippen LogP contribution in [0, 0.1) is 5.41 Å². The smallest absolute Gasteiger partial charge is 0.124 e. The van der Waals surface area contributed by atoms with Gasteiger partial charge in [0.05, 0.1) is 18.8 Å². The van der Waals surface area contributed by atoms with E-state index in [1.54, 1.807) is 0 Å². The Bertz CT molecular complexity index is 433. The molecule has 1 saturated heterocycles. The highest BCUT2D eigenvalue weighted by atomic mass is 16.5. The van der Waals surface area contributed by atoms with Crippen molar-refractivity contribution in [1.29, 1.82) is 5.41 Å². The van der Waals surface area contributed by atoms with Gasteiger partial charge >= 0.3 is 0 Å². The van der Waals surface area contributed by atoms with Crippen molar-refractivity contribution < 1.29 is 4.74 Å². The van der Waals surface area contributed by atoms with E-state index in [0.717, 1.165) is 30.8 Å². The van der Waals surface area contributed by atoms with Gasteiger partial charge in [-0.1, -0.05) is 19.1 Å². The van der Waals surface area contributed by atoms with Gasteiger partial charge in [0.2, 0.25) is 0 Å². The number of nitrogens with one attached hydrogen (secondary N) is 1. The fourth-order valence-corrected chi connectivity index (χ4v) is 2.43. The molecule has 0 saturated carbocycles. The third-order valence-electron chi connectivity index (χ3n) is 3.44. The van der Waals surface area contributed by atoms with Crippen molar-refractivity contribution in [2.24, 2.45) is 5.73 Å². The summed E-state index contributed by atoms with van der Waals surface area (Å²) in [6, 6.07) is 8.23. The predicted molar refractivity (Wildman–Crippen MR) is 74.3 cm³/mol. The molecule has 2 atom stereocenters. The molecule has 0 amide bonds. The maximum atomic E-state index is 7.69. The summed E-state index contributed by atoms with van der Waals surface area (Å²) in [4.78, 5) is 2.32. The summed E-state index contributed by atoms with van der Waals surface area (Å²) in [6.07, 6.45) is 1.24. The molecular weight excluding hydrogens is 226 g/mol. The monoisotopic (exact) mass is 247 g/mol. The lowest BCUT2D eigenvalue weighted by Gasteiger charge is -2.40. The number of para-hydroxylation sites is 1. The fraction of sp³-hybridized carbons (Fsp3) is 0.500. The van der Waals surface area contributed by atoms with Crippen molar-refractivity contribution in [3.63, 3.8) is 0 Å². The first kappa shape index (κ1) is 12.9. The Labute approximate surface area is 108 Å². The Hall–Kier alpha value is -1.55. The summed E-state index contributed by atoms with van der Waals surface area (Å²) in [5.41, 5.74) is 7.53. The van der Waals surface area contributed by atoms with Gasteiger partial charge in [0.25, 0.3) is 0 Å². The van der Waals surface area contributed by atoms with Crippen molar-refractivity contribution in [1.82, 2.24) is 0 Å². The van der Waals surface area contributed by atoms with Crippen molar-refractivity contribution in [3.8, 4) is 0 Å². The van der Waals surface area contributed by atoms with E-state index in [1.807, 2.05) is 24.3 Å². The van der Waals surface area contributed by atoms with Crippen LogP contribution in [0.2, 0.25) is 0 Å². The molecule has 0 bridgehead atoms. The van der Waals surface area contributed by atoms with E-state index in [0.29, 0.717) is 6.04 Å². The minimum Gasteiger partial charge on any atom is -0.384 e. The van der Waals surface area contributed by atoms with Crippen LogP contribution in [0.5, 0.6) is 0 Å². The van der Waals surface area contributed by atoms with E-state index < -0.39 is 0 Å². The number of nitrogen functional groups attached to an aromatic ring is 1. The summed E-state index contributed by atoms with van der Waals surface area (Å²) in [6.45, 7) is 5.83. The van der Waals surface area contributed by atoms with E-state index >= 15 is 0 Å². The molecule has 98 valence electrons. The first-order valence-electron chi connectivity index (χ1n) is 6.45. The molecule has 2 unspecified atom stereocenters. The standard InChI is InChI=1S/C14H21N3O/c1-3-11-9-18-10(2)8-17(11)13-7-5-4-6-12(13)14(15)16/h4-7,10-11H,3,8-9H2,1-2H3,(H3,15,16). The SMILES string of the molecule is CCC1COC(C)CN1c1ccccc1C(=N)N. The van der Waals surface area contributed by atoms with E-state index in [-0.39, 0.29) is 11.9 Å². The lowest BCUT2D eigenvalue weighted by molar-refractivity contribution is 0.0299. The molecule has 1 aromatic rings. The molecule has 1 fully saturated rings. The molecule has 1 aromatic carbocycles. The number of morpholine rings is 1. The number of rotatable bonds is 3. The van der Waals surface area contributed by atoms with Gasteiger partial charge in [-0.25, -0.2) is 0 Å². The van der Waals surface area contributed by atoms with Crippen molar-refractivity contribution in [2.45, 2.75) is 32.4 Å². The van der Waals surface area contributed by atoms with E-state index in [9.17, 15) is 0 Å². The molecule has 0 spiro atoms. The average Bonchev–Trinajstić information content (AvgIpc) is 2.38. The topological polar surface area (TPSA) is 62.3 Å². The predicted octanol–water partition coefficient (Wildman–Crippen LogP) is 1.97. The van der Waals surface area contributed by atoms with Crippen molar-refractivity contribution in [2.75, 3.05) is 18.1 Å². The number of anilines is 1. The molecular formula is C14H21N3O. The number of nitrogens with zero attached hydrogens (tertiary/aromatic N) is 1. The zero-order valence-electron chi connectivity index (χ0n) is 11.0. The van der Waals surface area contributed by atoms with E-state index in [4.69, 9.17) is 15.9 Å². The van der Waals surface area contributed by atoms with Crippen LogP contribution in [-0.2, 0) is 4.74 Å². The highest BCUT2D eigenvalue weighted by Crippen LogP contribution is 2.26. The quantitative estimate of drug-likeness (QED) is 0.634. The van der Waals surface area contributed by atoms with Gasteiger partial charge in [-0.15, -0.1) is 0 Å².